The summed E-state index contributed by atoms with van der Waals surface area (Å²) in [6, 6.07) is 25.5. The number of ketones is 2. The molecule has 0 saturated heterocycles. The van der Waals surface area contributed by atoms with Crippen LogP contribution in [-0.4, -0.2) is 11.6 Å². The predicted molar refractivity (Wildman–Crippen MR) is 116 cm³/mol. The molecule has 0 aliphatic carbocycles. The van der Waals surface area contributed by atoms with Gasteiger partial charge in [0, 0.05) is 32.7 Å². The van der Waals surface area contributed by atoms with Gasteiger partial charge < -0.3 is 8.83 Å². The highest BCUT2D eigenvalue weighted by Crippen LogP contribution is 2.31. The quantitative estimate of drug-likeness (QED) is 0.254. The van der Waals surface area contributed by atoms with Crippen molar-refractivity contribution in [1.29, 1.82) is 0 Å². The summed E-state index contributed by atoms with van der Waals surface area (Å²) in [6.45, 7) is 0. The summed E-state index contributed by atoms with van der Waals surface area (Å²) in [6.07, 6.45) is 0. The molecule has 4 heteroatoms. The smallest absolute Gasteiger partial charge is 0.233 e. The molecule has 6 rings (SSSR count). The van der Waals surface area contributed by atoms with Crippen molar-refractivity contribution in [1.82, 2.24) is 0 Å². The van der Waals surface area contributed by atoms with Crippen LogP contribution in [0.4, 0.5) is 0 Å². The number of para-hydroxylation sites is 2. The summed E-state index contributed by atoms with van der Waals surface area (Å²) >= 11 is 0. The summed E-state index contributed by atoms with van der Waals surface area (Å²) in [7, 11) is 0. The average molecular weight is 390 g/mol. The Kier molecular flexibility index (Phi) is 3.44. The van der Waals surface area contributed by atoms with Crippen LogP contribution in [0.1, 0.15) is 20.7 Å². The van der Waals surface area contributed by atoms with Crippen molar-refractivity contribution in [2.45, 2.75) is 0 Å². The Morgan fingerprint density at radius 1 is 0.467 bits per heavy atom. The number of hydrogen-bond donors (Lipinski definition) is 0. The molecule has 6 aromatic rings. The zero-order valence-electron chi connectivity index (χ0n) is 15.7. The van der Waals surface area contributed by atoms with Gasteiger partial charge in [-0.05, 0) is 48.5 Å². The van der Waals surface area contributed by atoms with Crippen LogP contribution in [0.15, 0.2) is 93.8 Å². The van der Waals surface area contributed by atoms with Gasteiger partial charge in [-0.1, -0.05) is 36.4 Å². The standard InChI is InChI=1S/C26H14O4/c27-25(15-9-11-23-19(13-15)17-5-1-3-7-21(17)29-23)26(28)16-10-12-24-20(14-16)18-6-2-4-8-22(18)30-24/h1-14H. The highest BCUT2D eigenvalue weighted by Gasteiger charge is 2.21. The van der Waals surface area contributed by atoms with E-state index < -0.39 is 11.6 Å². The van der Waals surface area contributed by atoms with Crippen LogP contribution in [0.3, 0.4) is 0 Å². The second-order valence-corrected chi connectivity index (χ2v) is 7.28. The van der Waals surface area contributed by atoms with Crippen LogP contribution in [0.2, 0.25) is 0 Å². The molecular weight excluding hydrogens is 376 g/mol. The highest BCUT2D eigenvalue weighted by atomic mass is 16.3. The first-order chi connectivity index (χ1) is 14.7. The van der Waals surface area contributed by atoms with E-state index in [0.717, 1.165) is 32.7 Å². The molecule has 0 aliphatic heterocycles. The summed E-state index contributed by atoms with van der Waals surface area (Å²) in [5.41, 5.74) is 3.56. The zero-order chi connectivity index (χ0) is 20.2. The fourth-order valence-corrected chi connectivity index (χ4v) is 4.00. The molecule has 0 atom stereocenters. The van der Waals surface area contributed by atoms with Gasteiger partial charge in [-0.3, -0.25) is 9.59 Å². The number of fused-ring (bicyclic) bond motifs is 6. The first-order valence-corrected chi connectivity index (χ1v) is 9.61. The Balaban J connectivity index is 1.44. The molecule has 0 fully saturated rings. The number of carbonyl (C=O) groups is 2. The molecule has 30 heavy (non-hydrogen) atoms. The lowest BCUT2D eigenvalue weighted by atomic mass is 9.98. The Morgan fingerprint density at radius 2 is 0.867 bits per heavy atom. The maximum Gasteiger partial charge on any atom is 0.233 e. The van der Waals surface area contributed by atoms with E-state index in [1.54, 1.807) is 36.4 Å². The van der Waals surface area contributed by atoms with E-state index in [0.29, 0.717) is 22.3 Å². The number of furan rings is 2. The lowest BCUT2D eigenvalue weighted by Crippen LogP contribution is -2.14. The van der Waals surface area contributed by atoms with E-state index in [-0.39, 0.29) is 0 Å². The molecule has 2 aromatic heterocycles. The second-order valence-electron chi connectivity index (χ2n) is 7.28. The number of benzene rings is 4. The fraction of sp³-hybridized carbons (Fsp3) is 0. The minimum absolute atomic E-state index is 0.344. The Bertz CT molecular complexity index is 1510. The molecule has 142 valence electrons. The van der Waals surface area contributed by atoms with Gasteiger partial charge in [0.25, 0.3) is 0 Å². The lowest BCUT2D eigenvalue weighted by molar-refractivity contribution is 0.0817. The van der Waals surface area contributed by atoms with E-state index >= 15 is 0 Å². The van der Waals surface area contributed by atoms with Crippen molar-refractivity contribution in [2.75, 3.05) is 0 Å². The van der Waals surface area contributed by atoms with Gasteiger partial charge in [-0.15, -0.1) is 0 Å². The minimum Gasteiger partial charge on any atom is -0.456 e. The Labute approximate surface area is 170 Å². The normalized spacial score (nSPS) is 11.6. The molecule has 0 amide bonds. The van der Waals surface area contributed by atoms with Crippen molar-refractivity contribution < 1.29 is 18.4 Å². The number of hydrogen-bond acceptors (Lipinski definition) is 4. The molecule has 2 heterocycles. The summed E-state index contributed by atoms with van der Waals surface area (Å²) in [5, 5.41) is 3.47. The minimum atomic E-state index is -0.547. The van der Waals surface area contributed by atoms with Gasteiger partial charge in [0.2, 0.25) is 11.6 Å². The molecule has 4 nitrogen and oxygen atoms in total. The van der Waals surface area contributed by atoms with E-state index in [2.05, 4.69) is 0 Å². The highest BCUT2D eigenvalue weighted by molar-refractivity contribution is 6.49. The van der Waals surface area contributed by atoms with Gasteiger partial charge in [-0.25, -0.2) is 0 Å². The van der Waals surface area contributed by atoms with E-state index in [1.807, 2.05) is 48.5 Å². The van der Waals surface area contributed by atoms with Crippen LogP contribution in [0.5, 0.6) is 0 Å². The average Bonchev–Trinajstić information content (AvgIpc) is 3.35. The zero-order valence-corrected chi connectivity index (χ0v) is 15.7. The molecule has 0 unspecified atom stereocenters. The molecule has 0 bridgehead atoms. The summed E-state index contributed by atoms with van der Waals surface area (Å²) < 4.78 is 11.6. The van der Waals surface area contributed by atoms with Gasteiger partial charge in [0.15, 0.2) is 0 Å². The van der Waals surface area contributed by atoms with Crippen LogP contribution >= 0.6 is 0 Å². The van der Waals surface area contributed by atoms with Gasteiger partial charge in [-0.2, -0.15) is 0 Å². The summed E-state index contributed by atoms with van der Waals surface area (Å²) in [5.74, 6) is -1.09. The van der Waals surface area contributed by atoms with Crippen molar-refractivity contribution in [3.05, 3.63) is 96.1 Å². The van der Waals surface area contributed by atoms with Crippen LogP contribution in [-0.2, 0) is 0 Å². The third kappa shape index (κ3) is 2.40. The van der Waals surface area contributed by atoms with Crippen molar-refractivity contribution in [3.63, 3.8) is 0 Å². The van der Waals surface area contributed by atoms with Crippen molar-refractivity contribution >= 4 is 55.4 Å². The van der Waals surface area contributed by atoms with Gasteiger partial charge >= 0.3 is 0 Å². The van der Waals surface area contributed by atoms with E-state index in [9.17, 15) is 9.59 Å². The topological polar surface area (TPSA) is 60.4 Å². The maximum atomic E-state index is 13.0. The van der Waals surface area contributed by atoms with Gasteiger partial charge in [0.1, 0.15) is 22.3 Å². The number of rotatable bonds is 3. The molecule has 0 radical (unpaired) electrons. The Morgan fingerprint density at radius 3 is 1.33 bits per heavy atom. The lowest BCUT2D eigenvalue weighted by Gasteiger charge is -2.02. The second kappa shape index (κ2) is 6.16. The SMILES string of the molecule is O=C(C(=O)c1ccc2oc3ccccc3c2c1)c1ccc2oc3ccccc3c2c1. The van der Waals surface area contributed by atoms with Crippen LogP contribution < -0.4 is 0 Å². The molecular formula is C26H14O4. The summed E-state index contributed by atoms with van der Waals surface area (Å²) in [4.78, 5) is 26.0. The van der Waals surface area contributed by atoms with Crippen LogP contribution in [0.25, 0.3) is 43.9 Å². The molecule has 0 aliphatic rings. The van der Waals surface area contributed by atoms with E-state index in [1.165, 1.54) is 0 Å². The van der Waals surface area contributed by atoms with Crippen LogP contribution in [0, 0.1) is 0 Å². The van der Waals surface area contributed by atoms with Gasteiger partial charge in [0.05, 0.1) is 0 Å². The first kappa shape index (κ1) is 16.7. The van der Waals surface area contributed by atoms with Crippen molar-refractivity contribution in [2.24, 2.45) is 0 Å². The number of Topliss-reactive ketones (excluding diaryl/α,β-unsaturated/α-hetero) is 2. The predicted octanol–water partition coefficient (Wildman–Crippen LogP) is 6.55. The fourth-order valence-electron chi connectivity index (χ4n) is 4.00. The monoisotopic (exact) mass is 390 g/mol. The van der Waals surface area contributed by atoms with E-state index in [4.69, 9.17) is 8.83 Å². The maximum absolute atomic E-state index is 13.0. The molecule has 4 aromatic carbocycles. The number of carbonyl (C=O) groups excluding carboxylic acids is 2. The Hall–Kier alpha value is -4.18. The third-order valence-corrected chi connectivity index (χ3v) is 5.48. The third-order valence-electron chi connectivity index (χ3n) is 5.48. The van der Waals surface area contributed by atoms with Crippen molar-refractivity contribution in [3.8, 4) is 0 Å². The largest absolute Gasteiger partial charge is 0.456 e. The molecule has 0 N–H and O–H groups in total. The first-order valence-electron chi connectivity index (χ1n) is 9.61. The molecule has 0 spiro atoms. The molecule has 0 saturated carbocycles.